The number of hydrogen-bond donors (Lipinski definition) is 1. The third kappa shape index (κ3) is 9.72. The maximum absolute atomic E-state index is 14.5. The number of ether oxygens (including phenoxy) is 2. The van der Waals surface area contributed by atoms with Crippen LogP contribution in [0.25, 0.3) is 11.1 Å². The predicted molar refractivity (Wildman–Crippen MR) is 216 cm³/mol. The molecule has 6 rings (SSSR count). The van der Waals surface area contributed by atoms with Gasteiger partial charge in [-0.3, -0.25) is 19.3 Å². The Morgan fingerprint density at radius 1 is 0.982 bits per heavy atom. The fourth-order valence-corrected chi connectivity index (χ4v) is 7.79. The number of fused-ring (bicyclic) bond motifs is 3. The molecule has 12 heteroatoms. The van der Waals surface area contributed by atoms with Gasteiger partial charge in [0.25, 0.3) is 0 Å². The lowest BCUT2D eigenvalue weighted by Gasteiger charge is -2.35. The summed E-state index contributed by atoms with van der Waals surface area (Å²) in [4.78, 5) is 65.6. The van der Waals surface area contributed by atoms with Crippen molar-refractivity contribution in [3.8, 4) is 17.0 Å². The van der Waals surface area contributed by atoms with E-state index < -0.39 is 36.0 Å². The predicted octanol–water partition coefficient (Wildman–Crippen LogP) is 7.01. The number of nitrogens with one attached hydrogen (secondary N) is 1. The van der Waals surface area contributed by atoms with Gasteiger partial charge in [-0.05, 0) is 79.2 Å². The van der Waals surface area contributed by atoms with Crippen molar-refractivity contribution in [2.75, 3.05) is 34.3 Å². The highest BCUT2D eigenvalue weighted by Gasteiger charge is 2.38. The lowest BCUT2D eigenvalue weighted by Crippen LogP contribution is -2.58. The summed E-state index contributed by atoms with van der Waals surface area (Å²) in [5.41, 5.74) is 5.06. The third-order valence-corrected chi connectivity index (χ3v) is 11.1. The van der Waals surface area contributed by atoms with Crippen molar-refractivity contribution in [2.24, 2.45) is 5.92 Å². The van der Waals surface area contributed by atoms with Gasteiger partial charge in [-0.25, -0.2) is 9.78 Å². The molecule has 0 spiro atoms. The first kappa shape index (κ1) is 40.8. The molecule has 3 aliphatic rings. The first-order valence-corrected chi connectivity index (χ1v) is 20.2. The molecular formula is C44H54ClN5O6. The Bertz CT molecular complexity index is 1890. The quantitative estimate of drug-likeness (QED) is 0.232. The highest BCUT2D eigenvalue weighted by molar-refractivity contribution is 6.30. The zero-order valence-electron chi connectivity index (χ0n) is 33.1. The van der Waals surface area contributed by atoms with Crippen LogP contribution in [0.5, 0.6) is 5.88 Å². The number of carbonyl (C=O) groups excluding carboxylic acids is 4. The number of nitrogens with zero attached hydrogens (tertiary/aromatic N) is 4. The van der Waals surface area contributed by atoms with E-state index in [9.17, 15) is 19.2 Å². The summed E-state index contributed by atoms with van der Waals surface area (Å²) in [6.45, 7) is 4.55. The summed E-state index contributed by atoms with van der Waals surface area (Å²) < 4.78 is 12.0. The second-order valence-electron chi connectivity index (χ2n) is 15.7. The van der Waals surface area contributed by atoms with Crippen LogP contribution >= 0.6 is 11.6 Å². The lowest BCUT2D eigenvalue weighted by molar-refractivity contribution is -0.146. The molecule has 0 saturated heterocycles. The van der Waals surface area contributed by atoms with E-state index in [1.54, 1.807) is 32.1 Å². The van der Waals surface area contributed by atoms with Crippen molar-refractivity contribution >= 4 is 35.4 Å². The van der Waals surface area contributed by atoms with E-state index in [1.165, 1.54) is 16.0 Å². The maximum atomic E-state index is 14.5. The highest BCUT2D eigenvalue weighted by atomic mass is 35.5. The number of pyridine rings is 1. The molecule has 1 saturated carbocycles. The third-order valence-electron chi connectivity index (χ3n) is 10.9. The Balaban J connectivity index is 1.23. The molecule has 2 aromatic carbocycles. The number of halogens is 1. The van der Waals surface area contributed by atoms with Crippen molar-refractivity contribution in [2.45, 2.75) is 95.4 Å². The second-order valence-corrected chi connectivity index (χ2v) is 16.1. The zero-order valence-corrected chi connectivity index (χ0v) is 33.8. The molecule has 0 bridgehead atoms. The van der Waals surface area contributed by atoms with Gasteiger partial charge < -0.3 is 24.6 Å². The summed E-state index contributed by atoms with van der Waals surface area (Å²) in [6.07, 6.45) is 9.67. The molecule has 1 aliphatic heterocycles. The Kier molecular flexibility index (Phi) is 13.4. The fourth-order valence-electron chi connectivity index (χ4n) is 7.61. The monoisotopic (exact) mass is 783 g/mol. The second kappa shape index (κ2) is 18.4. The molecule has 298 valence electrons. The molecular weight excluding hydrogens is 730 g/mol. The maximum Gasteiger partial charge on any atom is 0.410 e. The Labute approximate surface area is 335 Å². The highest BCUT2D eigenvalue weighted by Crippen LogP contribution is 2.44. The summed E-state index contributed by atoms with van der Waals surface area (Å²) in [5, 5.41) is 3.39. The van der Waals surface area contributed by atoms with Gasteiger partial charge in [0, 0.05) is 51.8 Å². The Morgan fingerprint density at radius 2 is 1.66 bits per heavy atom. The van der Waals surface area contributed by atoms with Crippen LogP contribution in [0.1, 0.15) is 81.4 Å². The normalized spacial score (nSPS) is 21.7. The molecule has 1 fully saturated rings. The molecule has 56 heavy (non-hydrogen) atoms. The van der Waals surface area contributed by atoms with E-state index in [0.717, 1.165) is 54.4 Å². The molecule has 1 N–H and O–H groups in total. The number of allylic oxidation sites excluding steroid dienone is 1. The number of amides is 4. The van der Waals surface area contributed by atoms with Gasteiger partial charge in [-0.1, -0.05) is 86.1 Å². The number of carbonyl (C=O) groups is 4. The van der Waals surface area contributed by atoms with Gasteiger partial charge >= 0.3 is 6.09 Å². The minimum absolute atomic E-state index is 0.0222. The van der Waals surface area contributed by atoms with Gasteiger partial charge in [0.05, 0.1) is 5.02 Å². The standard InChI is InChI=1S/C44H54ClN5O6/c1-28(2)23-37-42(52)49(4)39(25-29-24-30(45)26-46-41(29)56-31-20-21-31)43(53)48(3)22-14-8-6-7-9-19-38(40(51)47-37)50(5)44(54)55-27-36-34-17-12-10-15-32(34)33-16-11-13-18-35(33)36/h7,9-13,15-18,24,26,28,31,36-39H,6,8,14,19-23,25,27H2,1-5H3,(H,47,51)/b9-7-/t37-,38-,39-/m0/s1. The molecule has 0 unspecified atom stereocenters. The fraction of sp³-hybridized carbons (Fsp3) is 0.477. The summed E-state index contributed by atoms with van der Waals surface area (Å²) in [6, 6.07) is 15.1. The van der Waals surface area contributed by atoms with Crippen molar-refractivity contribution in [3.05, 3.63) is 94.7 Å². The smallest absolute Gasteiger partial charge is 0.410 e. The summed E-state index contributed by atoms with van der Waals surface area (Å²) in [7, 11) is 4.91. The van der Waals surface area contributed by atoms with Crippen molar-refractivity contribution < 1.29 is 28.7 Å². The average Bonchev–Trinajstić information content (AvgIpc) is 3.95. The van der Waals surface area contributed by atoms with Gasteiger partial charge in [0.15, 0.2) is 0 Å². The summed E-state index contributed by atoms with van der Waals surface area (Å²) >= 11 is 6.39. The average molecular weight is 784 g/mol. The number of hydrogen-bond acceptors (Lipinski definition) is 7. The van der Waals surface area contributed by atoms with Crippen LogP contribution in [0.3, 0.4) is 0 Å². The summed E-state index contributed by atoms with van der Waals surface area (Å²) in [5.74, 6) is -0.841. The minimum atomic E-state index is -0.969. The van der Waals surface area contributed by atoms with Gasteiger partial charge in [-0.15, -0.1) is 0 Å². The van der Waals surface area contributed by atoms with Crippen molar-refractivity contribution in [3.63, 3.8) is 0 Å². The molecule has 11 nitrogen and oxygen atoms in total. The largest absolute Gasteiger partial charge is 0.474 e. The van der Waals surface area contributed by atoms with Gasteiger partial charge in [-0.2, -0.15) is 0 Å². The van der Waals surface area contributed by atoms with E-state index in [2.05, 4.69) is 34.6 Å². The van der Waals surface area contributed by atoms with E-state index in [-0.39, 0.29) is 43.3 Å². The SMILES string of the molecule is CC(C)C[C@@H]1NC(=O)[C@@H](N(C)C(=O)OCC2c3ccccc3-c3ccccc32)C/C=C\CCCCN(C)C(=O)[C@H](Cc2cc(Cl)cnc2OC2CC2)N(C)C1=O. The topological polar surface area (TPSA) is 121 Å². The molecule has 3 aromatic rings. The first-order chi connectivity index (χ1) is 26.9. The van der Waals surface area contributed by atoms with E-state index >= 15 is 0 Å². The lowest BCUT2D eigenvalue weighted by atomic mass is 9.98. The molecule has 4 amide bonds. The Hall–Kier alpha value is -4.90. The van der Waals surface area contributed by atoms with Crippen LogP contribution in [0.4, 0.5) is 4.79 Å². The molecule has 3 atom stereocenters. The number of rotatable bonds is 9. The van der Waals surface area contributed by atoms with Crippen molar-refractivity contribution in [1.29, 1.82) is 0 Å². The van der Waals surface area contributed by atoms with Crippen LogP contribution in [0, 0.1) is 5.92 Å². The van der Waals surface area contributed by atoms with Crippen LogP contribution in [0.2, 0.25) is 5.02 Å². The van der Waals surface area contributed by atoms with Crippen LogP contribution in [-0.4, -0.2) is 102 Å². The van der Waals surface area contributed by atoms with Crippen LogP contribution < -0.4 is 10.1 Å². The zero-order chi connectivity index (χ0) is 39.9. The van der Waals surface area contributed by atoms with Gasteiger partial charge in [0.2, 0.25) is 23.6 Å². The van der Waals surface area contributed by atoms with Crippen LogP contribution in [-0.2, 0) is 25.5 Å². The van der Waals surface area contributed by atoms with Crippen LogP contribution in [0.15, 0.2) is 72.9 Å². The Morgan fingerprint density at radius 3 is 2.32 bits per heavy atom. The first-order valence-electron chi connectivity index (χ1n) is 19.8. The number of aromatic nitrogens is 1. The molecule has 2 aliphatic carbocycles. The number of benzene rings is 2. The molecule has 1 aromatic heterocycles. The van der Waals surface area contributed by atoms with E-state index in [1.807, 2.05) is 50.3 Å². The van der Waals surface area contributed by atoms with E-state index in [4.69, 9.17) is 21.1 Å². The van der Waals surface area contributed by atoms with E-state index in [0.29, 0.717) is 29.4 Å². The molecule has 0 radical (unpaired) electrons. The van der Waals surface area contributed by atoms with Crippen molar-refractivity contribution in [1.82, 2.24) is 25.0 Å². The molecule has 2 heterocycles. The number of likely N-dealkylation sites (N-methyl/N-ethyl adjacent to an activating group) is 3. The van der Waals surface area contributed by atoms with Gasteiger partial charge in [0.1, 0.15) is 30.8 Å². The minimum Gasteiger partial charge on any atom is -0.474 e.